The number of ketones is 1. The van der Waals surface area contributed by atoms with E-state index in [1.54, 1.807) is 7.11 Å². The van der Waals surface area contributed by atoms with Crippen molar-refractivity contribution in [2.24, 2.45) is 0 Å². The number of carbonyl (C=O) groups is 1. The Morgan fingerprint density at radius 2 is 1.67 bits per heavy atom. The Balaban J connectivity index is 1.82. The highest BCUT2D eigenvalue weighted by molar-refractivity contribution is 6.03. The number of Topliss-reactive ketones (excluding diaryl/α,β-unsaturated/α-hetero) is 1. The minimum atomic E-state index is -0.495. The van der Waals surface area contributed by atoms with Crippen LogP contribution >= 0.6 is 0 Å². The first-order valence-electron chi connectivity index (χ1n) is 9.65. The lowest BCUT2D eigenvalue weighted by Crippen LogP contribution is -2.56. The molecule has 4 heteroatoms. The van der Waals surface area contributed by atoms with Crippen LogP contribution in [0.2, 0.25) is 0 Å². The van der Waals surface area contributed by atoms with Crippen LogP contribution in [0, 0.1) is 0 Å². The number of nitrogens with zero attached hydrogens (tertiary/aromatic N) is 1. The van der Waals surface area contributed by atoms with Gasteiger partial charge in [-0.15, -0.1) is 0 Å². The van der Waals surface area contributed by atoms with E-state index in [0.717, 1.165) is 36.2 Å². The molecule has 0 amide bonds. The lowest BCUT2D eigenvalue weighted by molar-refractivity contribution is -0.0106. The van der Waals surface area contributed by atoms with Crippen LogP contribution in [0.4, 0.5) is 0 Å². The van der Waals surface area contributed by atoms with E-state index >= 15 is 0 Å². The molecule has 144 valence electrons. The zero-order valence-corrected chi connectivity index (χ0v) is 16.5. The summed E-state index contributed by atoms with van der Waals surface area (Å²) in [5.74, 6) is 0.173. The van der Waals surface area contributed by atoms with Crippen molar-refractivity contribution in [1.82, 2.24) is 4.90 Å². The van der Waals surface area contributed by atoms with Crippen LogP contribution in [-0.2, 0) is 9.47 Å². The molecule has 2 aromatic rings. The summed E-state index contributed by atoms with van der Waals surface area (Å²) >= 11 is 0. The lowest BCUT2D eigenvalue weighted by atomic mass is 9.86. The molecule has 1 aliphatic heterocycles. The number of ether oxygens (including phenoxy) is 2. The van der Waals surface area contributed by atoms with Crippen molar-refractivity contribution < 1.29 is 14.3 Å². The van der Waals surface area contributed by atoms with Gasteiger partial charge in [0.2, 0.25) is 0 Å². The van der Waals surface area contributed by atoms with Crippen LogP contribution in [-0.4, -0.2) is 49.6 Å². The number of morpholine rings is 1. The molecule has 0 spiro atoms. The van der Waals surface area contributed by atoms with Gasteiger partial charge in [-0.1, -0.05) is 61.5 Å². The number of benzene rings is 2. The molecule has 4 nitrogen and oxygen atoms in total. The van der Waals surface area contributed by atoms with Crippen molar-refractivity contribution in [2.75, 3.05) is 33.4 Å². The van der Waals surface area contributed by atoms with Crippen LogP contribution < -0.4 is 0 Å². The van der Waals surface area contributed by atoms with Gasteiger partial charge in [-0.25, -0.2) is 0 Å². The Morgan fingerprint density at radius 3 is 2.22 bits per heavy atom. The average molecular weight is 367 g/mol. The van der Waals surface area contributed by atoms with Crippen molar-refractivity contribution >= 4 is 5.78 Å². The van der Waals surface area contributed by atoms with Gasteiger partial charge in [0, 0.05) is 25.8 Å². The van der Waals surface area contributed by atoms with E-state index < -0.39 is 5.54 Å². The molecule has 1 heterocycles. The fraction of sp³-hybridized carbons (Fsp3) is 0.435. The maximum Gasteiger partial charge on any atom is 0.182 e. The Morgan fingerprint density at radius 1 is 1.07 bits per heavy atom. The molecule has 1 aliphatic rings. The van der Waals surface area contributed by atoms with Gasteiger partial charge in [0.15, 0.2) is 5.78 Å². The first kappa shape index (κ1) is 19.7. The van der Waals surface area contributed by atoms with Crippen LogP contribution in [0.1, 0.15) is 47.9 Å². The highest BCUT2D eigenvalue weighted by Gasteiger charge is 2.38. The zero-order chi connectivity index (χ0) is 19.3. The summed E-state index contributed by atoms with van der Waals surface area (Å²) in [5.41, 5.74) is 2.40. The third-order valence-electron chi connectivity index (χ3n) is 5.70. The molecule has 0 radical (unpaired) electrons. The van der Waals surface area contributed by atoms with Gasteiger partial charge < -0.3 is 9.47 Å². The normalized spacial score (nSPS) is 18.6. The summed E-state index contributed by atoms with van der Waals surface area (Å²) < 4.78 is 11.2. The summed E-state index contributed by atoms with van der Waals surface area (Å²) in [6.45, 7) is 7.11. The van der Waals surface area contributed by atoms with Gasteiger partial charge in [-0.3, -0.25) is 9.69 Å². The van der Waals surface area contributed by atoms with E-state index in [1.807, 2.05) is 42.5 Å². The number of hydrogen-bond donors (Lipinski definition) is 0. The van der Waals surface area contributed by atoms with Crippen molar-refractivity contribution in [3.63, 3.8) is 0 Å². The minimum absolute atomic E-state index is 0.132. The van der Waals surface area contributed by atoms with E-state index in [9.17, 15) is 4.79 Å². The predicted octanol–water partition coefficient (Wildman–Crippen LogP) is 4.11. The van der Waals surface area contributed by atoms with Crippen LogP contribution in [0.3, 0.4) is 0 Å². The summed E-state index contributed by atoms with van der Waals surface area (Å²) in [7, 11) is 1.71. The predicted molar refractivity (Wildman–Crippen MR) is 107 cm³/mol. The maximum atomic E-state index is 13.3. The molecule has 0 aromatic heterocycles. The first-order valence-corrected chi connectivity index (χ1v) is 9.65. The molecule has 0 saturated carbocycles. The molecule has 0 N–H and O–H groups in total. The molecular formula is C23H29NO3. The van der Waals surface area contributed by atoms with Gasteiger partial charge >= 0.3 is 0 Å². The van der Waals surface area contributed by atoms with Crippen molar-refractivity contribution in [3.8, 4) is 0 Å². The molecule has 1 saturated heterocycles. The highest BCUT2D eigenvalue weighted by atomic mass is 16.5. The molecule has 2 unspecified atom stereocenters. The zero-order valence-electron chi connectivity index (χ0n) is 16.5. The second-order valence-corrected chi connectivity index (χ2v) is 7.20. The molecule has 27 heavy (non-hydrogen) atoms. The highest BCUT2D eigenvalue weighted by Crippen LogP contribution is 2.29. The fourth-order valence-corrected chi connectivity index (χ4v) is 3.80. The molecule has 2 atom stereocenters. The number of methoxy groups -OCH3 is 1. The molecule has 2 aromatic carbocycles. The maximum absolute atomic E-state index is 13.3. The summed E-state index contributed by atoms with van der Waals surface area (Å²) in [6, 6.07) is 18.0. The monoisotopic (exact) mass is 367 g/mol. The Hall–Kier alpha value is -2.01. The first-order chi connectivity index (χ1) is 13.1. The van der Waals surface area contributed by atoms with Gasteiger partial charge in [-0.2, -0.15) is 0 Å². The van der Waals surface area contributed by atoms with Crippen molar-refractivity contribution in [2.45, 2.75) is 31.9 Å². The van der Waals surface area contributed by atoms with Crippen LogP contribution in [0.15, 0.2) is 54.6 Å². The van der Waals surface area contributed by atoms with E-state index in [0.29, 0.717) is 13.2 Å². The van der Waals surface area contributed by atoms with Crippen LogP contribution in [0.5, 0.6) is 0 Å². The van der Waals surface area contributed by atoms with Gasteiger partial charge in [0.25, 0.3) is 0 Å². The summed E-state index contributed by atoms with van der Waals surface area (Å²) in [6.07, 6.45) is 0.644. The third kappa shape index (κ3) is 4.13. The number of rotatable bonds is 7. The SMILES string of the molecule is CCC(C)(C(=O)c1ccc(C(OC)c2ccccc2)cc1)N1CCOCC1. The quantitative estimate of drug-likeness (QED) is 0.691. The molecule has 0 bridgehead atoms. The lowest BCUT2D eigenvalue weighted by Gasteiger charge is -2.41. The Bertz CT molecular complexity index is 738. The second-order valence-electron chi connectivity index (χ2n) is 7.20. The average Bonchev–Trinajstić information content (AvgIpc) is 2.75. The van der Waals surface area contributed by atoms with Crippen molar-refractivity contribution in [1.29, 1.82) is 0 Å². The van der Waals surface area contributed by atoms with Gasteiger partial charge in [0.05, 0.1) is 18.8 Å². The largest absolute Gasteiger partial charge is 0.379 e. The second kappa shape index (κ2) is 8.79. The Kier molecular flexibility index (Phi) is 6.42. The summed E-state index contributed by atoms with van der Waals surface area (Å²) in [5, 5.41) is 0. The third-order valence-corrected chi connectivity index (χ3v) is 5.70. The van der Waals surface area contributed by atoms with Gasteiger partial charge in [-0.05, 0) is 24.5 Å². The fourth-order valence-electron chi connectivity index (χ4n) is 3.80. The topological polar surface area (TPSA) is 38.8 Å². The van der Waals surface area contributed by atoms with Gasteiger partial charge in [0.1, 0.15) is 6.10 Å². The van der Waals surface area contributed by atoms with E-state index in [4.69, 9.17) is 9.47 Å². The number of carbonyl (C=O) groups excluding carboxylic acids is 1. The molecule has 3 rings (SSSR count). The Labute approximate surface area is 162 Å². The number of hydrogen-bond acceptors (Lipinski definition) is 4. The van der Waals surface area contributed by atoms with E-state index in [2.05, 4.69) is 30.9 Å². The van der Waals surface area contributed by atoms with E-state index in [1.165, 1.54) is 0 Å². The van der Waals surface area contributed by atoms with E-state index in [-0.39, 0.29) is 11.9 Å². The van der Waals surface area contributed by atoms with Crippen LogP contribution in [0.25, 0.3) is 0 Å². The standard InChI is InChI=1S/C23H29NO3/c1-4-23(2,24-14-16-27-17-15-24)22(25)20-12-10-19(11-13-20)21(26-3)18-8-6-5-7-9-18/h5-13,21H,4,14-17H2,1-3H3. The molecular weight excluding hydrogens is 338 g/mol. The molecule has 0 aliphatic carbocycles. The van der Waals surface area contributed by atoms with Crippen molar-refractivity contribution in [3.05, 3.63) is 71.3 Å². The molecule has 1 fully saturated rings. The smallest absolute Gasteiger partial charge is 0.182 e. The summed E-state index contributed by atoms with van der Waals surface area (Å²) in [4.78, 5) is 15.6. The minimum Gasteiger partial charge on any atom is -0.379 e.